The Kier molecular flexibility index (Phi) is 5.43. The summed E-state index contributed by atoms with van der Waals surface area (Å²) in [7, 11) is 3.14. The lowest BCUT2D eigenvalue weighted by Crippen LogP contribution is -2.33. The minimum absolute atomic E-state index is 0.389. The zero-order chi connectivity index (χ0) is 13.7. The Labute approximate surface area is 114 Å². The van der Waals surface area contributed by atoms with Crippen LogP contribution in [0, 0.1) is 0 Å². The van der Waals surface area contributed by atoms with E-state index in [1.54, 1.807) is 27.2 Å². The van der Waals surface area contributed by atoms with Crippen molar-refractivity contribution in [1.29, 1.82) is 0 Å². The van der Waals surface area contributed by atoms with Crippen LogP contribution in [0.25, 0.3) is 0 Å². The first kappa shape index (κ1) is 14.8. The van der Waals surface area contributed by atoms with Crippen LogP contribution in [0.5, 0.6) is 11.5 Å². The van der Waals surface area contributed by atoms with Crippen LogP contribution in [-0.4, -0.2) is 31.3 Å². The van der Waals surface area contributed by atoms with Gasteiger partial charge in [0.2, 0.25) is 0 Å². The Morgan fingerprint density at radius 3 is 2.50 bits per heavy atom. The second kappa shape index (κ2) is 6.61. The quantitative estimate of drug-likeness (QED) is 0.840. The van der Waals surface area contributed by atoms with Crippen molar-refractivity contribution in [3.05, 3.63) is 22.2 Å². The number of methoxy groups -OCH3 is 2. The average Bonchev–Trinajstić information content (AvgIpc) is 2.36. The minimum atomic E-state index is -0.891. The van der Waals surface area contributed by atoms with E-state index < -0.39 is 12.0 Å². The predicted octanol–water partition coefficient (Wildman–Crippen LogP) is 2.03. The third-order valence-electron chi connectivity index (χ3n) is 2.52. The first-order chi connectivity index (χ1) is 8.49. The van der Waals surface area contributed by atoms with E-state index in [-0.39, 0.29) is 0 Å². The van der Waals surface area contributed by atoms with E-state index in [1.807, 2.05) is 6.07 Å². The topological polar surface area (TPSA) is 67.8 Å². The molecule has 100 valence electrons. The van der Waals surface area contributed by atoms with E-state index >= 15 is 0 Å². The van der Waals surface area contributed by atoms with Gasteiger partial charge >= 0.3 is 5.97 Å². The van der Waals surface area contributed by atoms with Gasteiger partial charge < -0.3 is 19.9 Å². The molecule has 0 aliphatic rings. The molecule has 1 rings (SSSR count). The molecular formula is C12H16BrNO4. The van der Waals surface area contributed by atoms with E-state index in [0.717, 1.165) is 10.0 Å². The zero-order valence-electron chi connectivity index (χ0n) is 10.5. The summed E-state index contributed by atoms with van der Waals surface area (Å²) >= 11 is 3.37. The number of ether oxygens (including phenoxy) is 2. The summed E-state index contributed by atoms with van der Waals surface area (Å²) in [5.41, 5.74) is 0.839. The number of carboxylic acids is 1. The molecule has 1 unspecified atom stereocenters. The zero-order valence-corrected chi connectivity index (χ0v) is 12.1. The second-order valence-corrected chi connectivity index (χ2v) is 4.59. The predicted molar refractivity (Wildman–Crippen MR) is 71.2 cm³/mol. The monoisotopic (exact) mass is 317 g/mol. The fraction of sp³-hybridized carbons (Fsp3) is 0.417. The molecular weight excluding hydrogens is 302 g/mol. The van der Waals surface area contributed by atoms with E-state index in [1.165, 1.54) is 0 Å². The Morgan fingerprint density at radius 2 is 2.00 bits per heavy atom. The van der Waals surface area contributed by atoms with Gasteiger partial charge in [-0.25, -0.2) is 0 Å². The molecule has 0 saturated heterocycles. The van der Waals surface area contributed by atoms with E-state index in [4.69, 9.17) is 14.6 Å². The van der Waals surface area contributed by atoms with Crippen molar-refractivity contribution in [3.8, 4) is 11.5 Å². The largest absolute Gasteiger partial charge is 0.496 e. The highest BCUT2D eigenvalue weighted by Crippen LogP contribution is 2.32. The van der Waals surface area contributed by atoms with Gasteiger partial charge in [0.25, 0.3) is 0 Å². The maximum absolute atomic E-state index is 10.7. The molecule has 0 aromatic heterocycles. The van der Waals surface area contributed by atoms with Crippen molar-refractivity contribution in [1.82, 2.24) is 5.32 Å². The Hall–Kier alpha value is -1.27. The standard InChI is InChI=1S/C12H16BrNO4/c1-7(12(15)16)14-6-8-4-11(18-3)9(13)5-10(8)17-2/h4-5,7,14H,6H2,1-3H3,(H,15,16). The van der Waals surface area contributed by atoms with Gasteiger partial charge in [-0.05, 0) is 35.0 Å². The van der Waals surface area contributed by atoms with Crippen LogP contribution in [0.4, 0.5) is 0 Å². The van der Waals surface area contributed by atoms with E-state index in [9.17, 15) is 4.79 Å². The maximum atomic E-state index is 10.7. The van der Waals surface area contributed by atoms with Crippen LogP contribution in [-0.2, 0) is 11.3 Å². The highest BCUT2D eigenvalue weighted by molar-refractivity contribution is 9.10. The highest BCUT2D eigenvalue weighted by atomic mass is 79.9. The molecule has 0 spiro atoms. The molecule has 0 amide bonds. The van der Waals surface area contributed by atoms with Crippen LogP contribution >= 0.6 is 15.9 Å². The van der Waals surface area contributed by atoms with Crippen LogP contribution in [0.2, 0.25) is 0 Å². The van der Waals surface area contributed by atoms with Gasteiger partial charge in [-0.15, -0.1) is 0 Å². The lowest BCUT2D eigenvalue weighted by molar-refractivity contribution is -0.139. The van der Waals surface area contributed by atoms with E-state index in [2.05, 4.69) is 21.2 Å². The maximum Gasteiger partial charge on any atom is 0.320 e. The molecule has 18 heavy (non-hydrogen) atoms. The summed E-state index contributed by atoms with van der Waals surface area (Å²) in [6.07, 6.45) is 0. The molecule has 0 aliphatic heterocycles. The second-order valence-electron chi connectivity index (χ2n) is 3.74. The van der Waals surface area contributed by atoms with Gasteiger partial charge in [-0.3, -0.25) is 4.79 Å². The highest BCUT2D eigenvalue weighted by Gasteiger charge is 2.13. The van der Waals surface area contributed by atoms with Crippen molar-refractivity contribution in [2.75, 3.05) is 14.2 Å². The van der Waals surface area contributed by atoms with Crippen molar-refractivity contribution < 1.29 is 19.4 Å². The number of aliphatic carboxylic acids is 1. The Bertz CT molecular complexity index is 436. The summed E-state index contributed by atoms with van der Waals surface area (Å²) in [5, 5.41) is 11.7. The summed E-state index contributed by atoms with van der Waals surface area (Å²) in [5.74, 6) is 0.460. The van der Waals surface area contributed by atoms with Crippen molar-refractivity contribution in [2.45, 2.75) is 19.5 Å². The number of hydrogen-bond donors (Lipinski definition) is 2. The molecule has 0 heterocycles. The van der Waals surface area contributed by atoms with Crippen molar-refractivity contribution in [2.24, 2.45) is 0 Å². The van der Waals surface area contributed by atoms with Crippen molar-refractivity contribution >= 4 is 21.9 Å². The van der Waals surface area contributed by atoms with Crippen molar-refractivity contribution in [3.63, 3.8) is 0 Å². The SMILES string of the molecule is COc1cc(CNC(C)C(=O)O)c(OC)cc1Br. The molecule has 1 atom stereocenters. The van der Waals surface area contributed by atoms with Gasteiger partial charge in [0.05, 0.1) is 18.7 Å². The molecule has 6 heteroatoms. The summed E-state index contributed by atoms with van der Waals surface area (Å²) < 4.78 is 11.2. The number of benzene rings is 1. The van der Waals surface area contributed by atoms with Gasteiger partial charge in [0.15, 0.2) is 0 Å². The summed E-state index contributed by atoms with van der Waals surface area (Å²) in [6.45, 7) is 1.98. The lowest BCUT2D eigenvalue weighted by atomic mass is 10.1. The molecule has 0 radical (unpaired) electrons. The Balaban J connectivity index is 2.89. The Morgan fingerprint density at radius 1 is 1.39 bits per heavy atom. The number of halogens is 1. The molecule has 0 bridgehead atoms. The molecule has 0 saturated carbocycles. The number of hydrogen-bond acceptors (Lipinski definition) is 4. The third kappa shape index (κ3) is 3.61. The number of carbonyl (C=O) groups is 1. The molecule has 1 aromatic rings. The molecule has 1 aromatic carbocycles. The fourth-order valence-electron chi connectivity index (χ4n) is 1.41. The van der Waals surface area contributed by atoms with Gasteiger partial charge in [0.1, 0.15) is 17.5 Å². The number of rotatable bonds is 6. The summed E-state index contributed by atoms with van der Waals surface area (Å²) in [6, 6.07) is 2.98. The van der Waals surface area contributed by atoms with Crippen LogP contribution in [0.1, 0.15) is 12.5 Å². The smallest absolute Gasteiger partial charge is 0.320 e. The number of nitrogens with one attached hydrogen (secondary N) is 1. The normalized spacial score (nSPS) is 12.0. The van der Waals surface area contributed by atoms with Gasteiger partial charge in [-0.1, -0.05) is 0 Å². The van der Waals surface area contributed by atoms with E-state index in [0.29, 0.717) is 18.0 Å². The first-order valence-electron chi connectivity index (χ1n) is 5.36. The first-order valence-corrected chi connectivity index (χ1v) is 6.15. The molecule has 2 N–H and O–H groups in total. The summed E-state index contributed by atoms with van der Waals surface area (Å²) in [4.78, 5) is 10.7. The molecule has 0 fully saturated rings. The van der Waals surface area contributed by atoms with Crippen LogP contribution in [0.15, 0.2) is 16.6 Å². The van der Waals surface area contributed by atoms with Crippen LogP contribution < -0.4 is 14.8 Å². The van der Waals surface area contributed by atoms with Gasteiger partial charge in [-0.2, -0.15) is 0 Å². The number of carboxylic acid groups (broad SMARTS) is 1. The molecule has 5 nitrogen and oxygen atoms in total. The van der Waals surface area contributed by atoms with Crippen LogP contribution in [0.3, 0.4) is 0 Å². The average molecular weight is 318 g/mol. The fourth-order valence-corrected chi connectivity index (χ4v) is 1.90. The minimum Gasteiger partial charge on any atom is -0.496 e. The molecule has 0 aliphatic carbocycles. The lowest BCUT2D eigenvalue weighted by Gasteiger charge is -2.14. The third-order valence-corrected chi connectivity index (χ3v) is 3.14. The van der Waals surface area contributed by atoms with Gasteiger partial charge in [0, 0.05) is 12.1 Å².